The molecule has 0 bridgehead atoms. The molecular weight excluding hydrogens is 329 g/mol. The predicted molar refractivity (Wildman–Crippen MR) is 89.0 cm³/mol. The fourth-order valence-electron chi connectivity index (χ4n) is 3.22. The van der Waals surface area contributed by atoms with Crippen molar-refractivity contribution in [3.8, 4) is 0 Å². The Bertz CT molecular complexity index is 750. The third-order valence-electron chi connectivity index (χ3n) is 4.26. The summed E-state index contributed by atoms with van der Waals surface area (Å²) in [6.07, 6.45) is -0.988. The summed E-state index contributed by atoms with van der Waals surface area (Å²) < 4.78 is 19.8. The summed E-state index contributed by atoms with van der Waals surface area (Å²) in [6, 6.07) is 2.75. The lowest BCUT2D eigenvalue weighted by Crippen LogP contribution is -2.34. The maximum absolute atomic E-state index is 14.6. The van der Waals surface area contributed by atoms with Crippen molar-refractivity contribution in [3.63, 3.8) is 0 Å². The molecule has 3 rings (SSSR count). The molecule has 2 aliphatic rings. The smallest absolute Gasteiger partial charge is 0.414 e. The molecule has 134 valence electrons. The molecule has 2 heterocycles. The molecule has 0 radical (unpaired) electrons. The van der Waals surface area contributed by atoms with Gasteiger partial charge >= 0.3 is 6.09 Å². The fraction of sp³-hybridized carbons (Fsp3) is 0.471. The number of rotatable bonds is 4. The summed E-state index contributed by atoms with van der Waals surface area (Å²) >= 11 is 0. The van der Waals surface area contributed by atoms with Crippen molar-refractivity contribution in [2.75, 3.05) is 22.9 Å². The molecule has 0 aliphatic carbocycles. The minimum absolute atomic E-state index is 0.108. The van der Waals surface area contributed by atoms with Crippen molar-refractivity contribution in [2.24, 2.45) is 0 Å². The van der Waals surface area contributed by atoms with E-state index in [2.05, 4.69) is 5.32 Å². The molecule has 1 saturated heterocycles. The molecule has 1 fully saturated rings. The van der Waals surface area contributed by atoms with Gasteiger partial charge in [0, 0.05) is 13.0 Å². The lowest BCUT2D eigenvalue weighted by atomic mass is 10.1. The van der Waals surface area contributed by atoms with Gasteiger partial charge in [-0.05, 0) is 31.5 Å². The van der Waals surface area contributed by atoms with E-state index in [1.54, 1.807) is 6.07 Å². The van der Waals surface area contributed by atoms with E-state index < -0.39 is 18.0 Å². The zero-order valence-corrected chi connectivity index (χ0v) is 14.3. The zero-order valence-electron chi connectivity index (χ0n) is 14.3. The number of carbonyl (C=O) groups is 3. The first kappa shape index (κ1) is 17.2. The number of nitrogens with one attached hydrogen (secondary N) is 1. The lowest BCUT2D eigenvalue weighted by molar-refractivity contribution is -0.119. The van der Waals surface area contributed by atoms with Crippen LogP contribution in [0.5, 0.6) is 0 Å². The molecule has 1 N–H and O–H groups in total. The number of nitrogens with zero attached hydrogens (tertiary/aromatic N) is 2. The molecule has 1 atom stereocenters. The highest BCUT2D eigenvalue weighted by Gasteiger charge is 2.36. The molecule has 0 aromatic heterocycles. The Kier molecular flexibility index (Phi) is 4.36. The maximum atomic E-state index is 14.6. The highest BCUT2D eigenvalue weighted by atomic mass is 19.1. The van der Waals surface area contributed by atoms with Crippen LogP contribution in [0.4, 0.5) is 20.6 Å². The highest BCUT2D eigenvalue weighted by Crippen LogP contribution is 2.37. The second-order valence-electron chi connectivity index (χ2n) is 6.52. The molecule has 1 unspecified atom stereocenters. The molecule has 25 heavy (non-hydrogen) atoms. The number of anilines is 2. The van der Waals surface area contributed by atoms with E-state index in [0.717, 1.165) is 0 Å². The quantitative estimate of drug-likeness (QED) is 0.895. The van der Waals surface area contributed by atoms with E-state index in [1.807, 2.05) is 13.8 Å². The van der Waals surface area contributed by atoms with Crippen molar-refractivity contribution in [2.45, 2.75) is 39.3 Å². The van der Waals surface area contributed by atoms with Crippen LogP contribution >= 0.6 is 0 Å². The molecule has 8 heteroatoms. The molecule has 1 aromatic rings. The van der Waals surface area contributed by atoms with Gasteiger partial charge in [-0.15, -0.1) is 0 Å². The fourth-order valence-corrected chi connectivity index (χ4v) is 3.22. The molecule has 0 saturated carbocycles. The Labute approximate surface area is 144 Å². The van der Waals surface area contributed by atoms with Gasteiger partial charge in [0.15, 0.2) is 0 Å². The Balaban J connectivity index is 1.84. The normalized spacial score (nSPS) is 19.5. The number of carbonyl (C=O) groups excluding carboxylic acids is 3. The van der Waals surface area contributed by atoms with Crippen molar-refractivity contribution in [1.29, 1.82) is 0 Å². The number of hydrogen-bond donors (Lipinski definition) is 1. The summed E-state index contributed by atoms with van der Waals surface area (Å²) in [4.78, 5) is 37.9. The van der Waals surface area contributed by atoms with Gasteiger partial charge in [0.2, 0.25) is 11.8 Å². The van der Waals surface area contributed by atoms with Gasteiger partial charge in [0.1, 0.15) is 11.9 Å². The van der Waals surface area contributed by atoms with Crippen LogP contribution < -0.4 is 15.1 Å². The maximum Gasteiger partial charge on any atom is 0.414 e. The van der Waals surface area contributed by atoms with Gasteiger partial charge in [-0.25, -0.2) is 9.18 Å². The summed E-state index contributed by atoms with van der Waals surface area (Å²) in [5, 5.41) is 2.59. The number of halogens is 1. The van der Waals surface area contributed by atoms with Gasteiger partial charge < -0.3 is 15.0 Å². The molecule has 7 nitrogen and oxygen atoms in total. The number of hydrogen-bond acceptors (Lipinski definition) is 4. The first-order valence-corrected chi connectivity index (χ1v) is 8.15. The molecule has 2 aliphatic heterocycles. The largest absolute Gasteiger partial charge is 0.442 e. The third kappa shape index (κ3) is 3.16. The van der Waals surface area contributed by atoms with Crippen LogP contribution in [-0.4, -0.2) is 43.1 Å². The average Bonchev–Trinajstić information content (AvgIpc) is 3.04. The summed E-state index contributed by atoms with van der Waals surface area (Å²) in [5.74, 6) is -0.913. The zero-order chi connectivity index (χ0) is 18.3. The second-order valence-corrected chi connectivity index (χ2v) is 6.52. The van der Waals surface area contributed by atoms with Crippen molar-refractivity contribution in [1.82, 2.24) is 5.32 Å². The van der Waals surface area contributed by atoms with E-state index in [9.17, 15) is 18.8 Å². The summed E-state index contributed by atoms with van der Waals surface area (Å²) in [6.45, 7) is 5.43. The summed E-state index contributed by atoms with van der Waals surface area (Å²) in [5.41, 5.74) is 1.20. The minimum Gasteiger partial charge on any atom is -0.442 e. The standard InChI is InChI=1S/C17H20FN3O4/c1-9(2)21-15(23)5-11-4-12(6-14(18)16(11)21)20-8-13(25-17(20)24)7-19-10(3)22/h4,6,9,13H,5,7-8H2,1-3H3,(H,19,22). The second kappa shape index (κ2) is 6.34. The lowest BCUT2D eigenvalue weighted by Gasteiger charge is -2.23. The Morgan fingerprint density at radius 3 is 2.76 bits per heavy atom. The first-order chi connectivity index (χ1) is 11.8. The van der Waals surface area contributed by atoms with Crippen LogP contribution in [0.15, 0.2) is 12.1 Å². The Morgan fingerprint density at radius 2 is 2.12 bits per heavy atom. The molecular formula is C17H20FN3O4. The van der Waals surface area contributed by atoms with Crippen LogP contribution in [-0.2, 0) is 20.7 Å². The van der Waals surface area contributed by atoms with Gasteiger partial charge in [0.05, 0.1) is 30.9 Å². The molecule has 0 spiro atoms. The number of fused-ring (bicyclic) bond motifs is 1. The Morgan fingerprint density at radius 1 is 1.40 bits per heavy atom. The Hall–Kier alpha value is -2.64. The molecule has 1 aromatic carbocycles. The van der Waals surface area contributed by atoms with Gasteiger partial charge in [0.25, 0.3) is 0 Å². The summed E-state index contributed by atoms with van der Waals surface area (Å²) in [7, 11) is 0. The average molecular weight is 349 g/mol. The minimum atomic E-state index is -0.597. The third-order valence-corrected chi connectivity index (χ3v) is 4.26. The number of cyclic esters (lactones) is 1. The van der Waals surface area contributed by atoms with Crippen molar-refractivity contribution in [3.05, 3.63) is 23.5 Å². The number of ether oxygens (including phenoxy) is 1. The van der Waals surface area contributed by atoms with Gasteiger partial charge in [-0.2, -0.15) is 0 Å². The highest BCUT2D eigenvalue weighted by molar-refractivity contribution is 6.03. The first-order valence-electron chi connectivity index (χ1n) is 8.15. The molecule has 3 amide bonds. The van der Waals surface area contributed by atoms with Crippen LogP contribution in [0.1, 0.15) is 26.3 Å². The van der Waals surface area contributed by atoms with Crippen molar-refractivity contribution < 1.29 is 23.5 Å². The van der Waals surface area contributed by atoms with Crippen LogP contribution in [0.3, 0.4) is 0 Å². The van der Waals surface area contributed by atoms with E-state index in [0.29, 0.717) is 11.3 Å². The van der Waals surface area contributed by atoms with Crippen LogP contribution in [0, 0.1) is 5.82 Å². The van der Waals surface area contributed by atoms with E-state index in [1.165, 1.54) is 22.8 Å². The monoisotopic (exact) mass is 349 g/mol. The van der Waals surface area contributed by atoms with E-state index in [4.69, 9.17) is 4.74 Å². The van der Waals surface area contributed by atoms with Gasteiger partial charge in [-0.1, -0.05) is 0 Å². The predicted octanol–water partition coefficient (Wildman–Crippen LogP) is 1.58. The number of amides is 3. The van der Waals surface area contributed by atoms with Crippen LogP contribution in [0.25, 0.3) is 0 Å². The van der Waals surface area contributed by atoms with Crippen LogP contribution in [0.2, 0.25) is 0 Å². The van der Waals surface area contributed by atoms with Crippen molar-refractivity contribution >= 4 is 29.3 Å². The van der Waals surface area contributed by atoms with E-state index in [-0.39, 0.29) is 43.1 Å². The number of benzene rings is 1. The van der Waals surface area contributed by atoms with E-state index >= 15 is 0 Å². The van der Waals surface area contributed by atoms with Gasteiger partial charge in [-0.3, -0.25) is 14.5 Å². The topological polar surface area (TPSA) is 79.0 Å². The SMILES string of the molecule is CC(=O)NCC1CN(c2cc(F)c3c(c2)CC(=O)N3C(C)C)C(=O)O1.